The highest BCUT2D eigenvalue weighted by Crippen LogP contribution is 2.28. The Labute approximate surface area is 121 Å². The second kappa shape index (κ2) is 6.34. The molecular formula is C12H19BrN2S2. The highest BCUT2D eigenvalue weighted by molar-refractivity contribution is 9.10. The van der Waals surface area contributed by atoms with Gasteiger partial charge in [0.05, 0.1) is 10.2 Å². The van der Waals surface area contributed by atoms with E-state index in [1.54, 1.807) is 0 Å². The molecule has 0 aromatic carbocycles. The molecule has 0 amide bonds. The molecule has 0 bridgehead atoms. The average molecular weight is 335 g/mol. The van der Waals surface area contributed by atoms with Crippen molar-refractivity contribution in [2.24, 2.45) is 0 Å². The smallest absolute Gasteiger partial charge is 0.144 e. The van der Waals surface area contributed by atoms with Crippen molar-refractivity contribution in [2.45, 2.75) is 45.3 Å². The van der Waals surface area contributed by atoms with Gasteiger partial charge in [0.2, 0.25) is 0 Å². The maximum absolute atomic E-state index is 5.29. The first kappa shape index (κ1) is 15.2. The molecule has 1 rings (SSSR count). The first-order valence-corrected chi connectivity index (χ1v) is 8.08. The van der Waals surface area contributed by atoms with Crippen LogP contribution in [0, 0.1) is 4.64 Å². The largest absolute Gasteiger partial charge is 0.345 e. The number of aromatic nitrogens is 2. The fourth-order valence-corrected chi connectivity index (χ4v) is 3.16. The zero-order valence-corrected chi connectivity index (χ0v) is 14.0. The molecule has 1 aromatic rings. The standard InChI is InChI=1S/C12H19BrN2S2/c1-5-6-17-7-8-14-10(12(2,3)4)9(13)11(16)15-8/h5-7H2,1-4H3,(H,14,15,16). The van der Waals surface area contributed by atoms with Crippen LogP contribution >= 0.6 is 39.9 Å². The predicted molar refractivity (Wildman–Crippen MR) is 82.3 cm³/mol. The van der Waals surface area contributed by atoms with Crippen molar-refractivity contribution >= 4 is 39.9 Å². The second-order valence-electron chi connectivity index (χ2n) is 4.98. The fraction of sp³-hybridized carbons (Fsp3) is 0.667. The first-order valence-electron chi connectivity index (χ1n) is 5.73. The van der Waals surface area contributed by atoms with Crippen LogP contribution in [0.4, 0.5) is 0 Å². The van der Waals surface area contributed by atoms with E-state index >= 15 is 0 Å². The van der Waals surface area contributed by atoms with Crippen LogP contribution in [-0.2, 0) is 11.2 Å². The topological polar surface area (TPSA) is 28.7 Å². The molecule has 0 saturated heterocycles. The molecule has 0 fully saturated rings. The van der Waals surface area contributed by atoms with Crippen molar-refractivity contribution in [1.29, 1.82) is 0 Å². The molecule has 0 unspecified atom stereocenters. The highest BCUT2D eigenvalue weighted by atomic mass is 79.9. The number of hydrogen-bond acceptors (Lipinski definition) is 3. The van der Waals surface area contributed by atoms with E-state index < -0.39 is 0 Å². The van der Waals surface area contributed by atoms with Crippen molar-refractivity contribution in [3.63, 3.8) is 0 Å². The lowest BCUT2D eigenvalue weighted by Gasteiger charge is -2.21. The molecule has 0 radical (unpaired) electrons. The Kier molecular flexibility index (Phi) is 5.67. The number of rotatable bonds is 4. The van der Waals surface area contributed by atoms with Crippen LogP contribution in [0.1, 0.15) is 45.6 Å². The molecule has 96 valence electrons. The van der Waals surface area contributed by atoms with E-state index in [0.29, 0.717) is 4.64 Å². The quantitative estimate of drug-likeness (QED) is 0.630. The summed E-state index contributed by atoms with van der Waals surface area (Å²) in [6, 6.07) is 0. The molecule has 1 heterocycles. The third-order valence-electron chi connectivity index (χ3n) is 2.25. The van der Waals surface area contributed by atoms with E-state index in [9.17, 15) is 0 Å². The van der Waals surface area contributed by atoms with Crippen LogP contribution in [-0.4, -0.2) is 15.7 Å². The van der Waals surface area contributed by atoms with Gasteiger partial charge in [-0.15, -0.1) is 0 Å². The molecule has 2 nitrogen and oxygen atoms in total. The lowest BCUT2D eigenvalue weighted by molar-refractivity contribution is 0.559. The first-order chi connectivity index (χ1) is 7.86. The minimum Gasteiger partial charge on any atom is -0.345 e. The third kappa shape index (κ3) is 4.38. The fourth-order valence-electron chi connectivity index (χ4n) is 1.40. The Bertz CT molecular complexity index is 435. The summed E-state index contributed by atoms with van der Waals surface area (Å²) >= 11 is 10.7. The number of nitrogens with zero attached hydrogens (tertiary/aromatic N) is 1. The summed E-state index contributed by atoms with van der Waals surface area (Å²) in [7, 11) is 0. The molecular weight excluding hydrogens is 316 g/mol. The average Bonchev–Trinajstić information content (AvgIpc) is 2.21. The molecule has 0 spiro atoms. The lowest BCUT2D eigenvalue weighted by Crippen LogP contribution is -2.16. The third-order valence-corrected chi connectivity index (χ3v) is 4.75. The van der Waals surface area contributed by atoms with Crippen LogP contribution in [0.25, 0.3) is 0 Å². The molecule has 0 aliphatic rings. The highest BCUT2D eigenvalue weighted by Gasteiger charge is 2.19. The van der Waals surface area contributed by atoms with Crippen molar-refractivity contribution in [3.05, 3.63) is 20.6 Å². The van der Waals surface area contributed by atoms with Gasteiger partial charge < -0.3 is 4.98 Å². The van der Waals surface area contributed by atoms with Gasteiger partial charge in [-0.25, -0.2) is 4.98 Å². The number of thioether (sulfide) groups is 1. The van der Waals surface area contributed by atoms with Crippen molar-refractivity contribution < 1.29 is 0 Å². The Morgan fingerprint density at radius 2 is 2.06 bits per heavy atom. The van der Waals surface area contributed by atoms with Gasteiger partial charge in [-0.3, -0.25) is 0 Å². The van der Waals surface area contributed by atoms with Crippen molar-refractivity contribution in [1.82, 2.24) is 9.97 Å². The van der Waals surface area contributed by atoms with E-state index in [-0.39, 0.29) is 5.41 Å². The molecule has 0 saturated carbocycles. The Morgan fingerprint density at radius 3 is 2.59 bits per heavy atom. The summed E-state index contributed by atoms with van der Waals surface area (Å²) in [6.07, 6.45) is 1.19. The Balaban J connectivity index is 3.03. The van der Waals surface area contributed by atoms with Gasteiger partial charge >= 0.3 is 0 Å². The number of H-pyrrole nitrogens is 1. The van der Waals surface area contributed by atoms with E-state index in [0.717, 1.165) is 27.5 Å². The van der Waals surface area contributed by atoms with Crippen LogP contribution < -0.4 is 0 Å². The minimum atomic E-state index is 0.0412. The summed E-state index contributed by atoms with van der Waals surface area (Å²) in [5.74, 6) is 3.03. The number of hydrogen-bond donors (Lipinski definition) is 1. The van der Waals surface area contributed by atoms with Crippen LogP contribution in [0.2, 0.25) is 0 Å². The van der Waals surface area contributed by atoms with E-state index in [1.165, 1.54) is 6.42 Å². The molecule has 5 heteroatoms. The van der Waals surface area contributed by atoms with E-state index in [2.05, 4.69) is 53.6 Å². The molecule has 0 aliphatic carbocycles. The summed E-state index contributed by atoms with van der Waals surface area (Å²) < 4.78 is 1.57. The second-order valence-corrected chi connectivity index (χ2v) is 7.27. The molecule has 1 aromatic heterocycles. The zero-order chi connectivity index (χ0) is 13.1. The van der Waals surface area contributed by atoms with Crippen LogP contribution in [0.5, 0.6) is 0 Å². The van der Waals surface area contributed by atoms with Gasteiger partial charge in [-0.1, -0.05) is 39.9 Å². The summed E-state index contributed by atoms with van der Waals surface area (Å²) in [5, 5.41) is 0. The van der Waals surface area contributed by atoms with Crippen LogP contribution in [0.15, 0.2) is 4.47 Å². The SMILES string of the molecule is CCCSCc1nc(=S)c(Br)c(C(C)(C)C)[nH]1. The van der Waals surface area contributed by atoms with Crippen molar-refractivity contribution in [2.75, 3.05) is 5.75 Å². The maximum atomic E-state index is 5.29. The van der Waals surface area contributed by atoms with Gasteiger partial charge in [-0.2, -0.15) is 11.8 Å². The van der Waals surface area contributed by atoms with Gasteiger partial charge in [0.15, 0.2) is 0 Å². The normalized spacial score (nSPS) is 11.8. The summed E-state index contributed by atoms with van der Waals surface area (Å²) in [4.78, 5) is 7.82. The molecule has 17 heavy (non-hydrogen) atoms. The maximum Gasteiger partial charge on any atom is 0.144 e. The summed E-state index contributed by atoms with van der Waals surface area (Å²) in [5.41, 5.74) is 1.17. The number of nitrogens with one attached hydrogen (secondary N) is 1. The zero-order valence-electron chi connectivity index (χ0n) is 10.8. The Morgan fingerprint density at radius 1 is 1.41 bits per heavy atom. The van der Waals surface area contributed by atoms with Gasteiger partial charge in [-0.05, 0) is 28.1 Å². The van der Waals surface area contributed by atoms with Crippen molar-refractivity contribution in [3.8, 4) is 0 Å². The lowest BCUT2D eigenvalue weighted by atomic mass is 9.92. The van der Waals surface area contributed by atoms with E-state index in [1.807, 2.05) is 11.8 Å². The number of halogens is 1. The van der Waals surface area contributed by atoms with Gasteiger partial charge in [0.1, 0.15) is 10.5 Å². The minimum absolute atomic E-state index is 0.0412. The predicted octanol–water partition coefficient (Wildman–Crippen LogP) is 4.84. The van der Waals surface area contributed by atoms with Gasteiger partial charge in [0, 0.05) is 11.1 Å². The number of aromatic amines is 1. The molecule has 0 atom stereocenters. The Hall–Kier alpha value is 0.130. The van der Waals surface area contributed by atoms with Crippen LogP contribution in [0.3, 0.4) is 0 Å². The molecule has 0 aliphatic heterocycles. The molecule has 1 N–H and O–H groups in total. The summed E-state index contributed by atoms with van der Waals surface area (Å²) in [6.45, 7) is 8.69. The van der Waals surface area contributed by atoms with Gasteiger partial charge in [0.25, 0.3) is 0 Å². The van der Waals surface area contributed by atoms with E-state index in [4.69, 9.17) is 12.2 Å². The monoisotopic (exact) mass is 334 g/mol.